The molecule has 0 spiro atoms. The van der Waals surface area contributed by atoms with E-state index in [0.717, 1.165) is 28.3 Å². The maximum atomic E-state index is 12.2. The molecular formula is C23H25N3O3. The number of methoxy groups -OCH3 is 1. The number of hydrogen-bond donors (Lipinski definition) is 2. The number of nitrogens with zero attached hydrogens (tertiary/aromatic N) is 1. The first kappa shape index (κ1) is 20.2. The van der Waals surface area contributed by atoms with Gasteiger partial charge in [-0.15, -0.1) is 0 Å². The minimum absolute atomic E-state index is 0.0830. The van der Waals surface area contributed by atoms with Gasteiger partial charge in [-0.1, -0.05) is 24.3 Å². The number of ether oxygens (including phenoxy) is 2. The molecule has 0 atom stereocenters. The molecule has 1 heterocycles. The van der Waals surface area contributed by atoms with E-state index in [1.807, 2.05) is 61.5 Å². The van der Waals surface area contributed by atoms with Crippen LogP contribution in [0.4, 0.5) is 11.5 Å². The van der Waals surface area contributed by atoms with Crippen LogP contribution in [0.1, 0.15) is 11.1 Å². The number of carbonyl (C=O) groups is 1. The van der Waals surface area contributed by atoms with Crippen LogP contribution in [0.3, 0.4) is 0 Å². The van der Waals surface area contributed by atoms with Crippen molar-refractivity contribution in [3.8, 4) is 11.5 Å². The zero-order valence-electron chi connectivity index (χ0n) is 16.6. The summed E-state index contributed by atoms with van der Waals surface area (Å²) in [7, 11) is 1.63. The second-order valence-electron chi connectivity index (χ2n) is 6.53. The van der Waals surface area contributed by atoms with E-state index in [1.54, 1.807) is 19.4 Å². The fourth-order valence-corrected chi connectivity index (χ4v) is 2.78. The van der Waals surface area contributed by atoms with Crippen molar-refractivity contribution >= 4 is 17.4 Å². The van der Waals surface area contributed by atoms with Crippen LogP contribution in [0, 0.1) is 6.92 Å². The van der Waals surface area contributed by atoms with Crippen molar-refractivity contribution in [1.29, 1.82) is 0 Å². The summed E-state index contributed by atoms with van der Waals surface area (Å²) >= 11 is 0. The highest BCUT2D eigenvalue weighted by molar-refractivity contribution is 5.91. The largest absolute Gasteiger partial charge is 0.497 e. The third kappa shape index (κ3) is 6.24. The molecule has 29 heavy (non-hydrogen) atoms. The number of rotatable bonds is 9. The van der Waals surface area contributed by atoms with Crippen molar-refractivity contribution in [2.75, 3.05) is 30.9 Å². The molecule has 1 aromatic heterocycles. The fourth-order valence-electron chi connectivity index (χ4n) is 2.78. The quantitative estimate of drug-likeness (QED) is 0.538. The average Bonchev–Trinajstić information content (AvgIpc) is 2.74. The third-order valence-electron chi connectivity index (χ3n) is 4.40. The zero-order valence-corrected chi connectivity index (χ0v) is 16.6. The average molecular weight is 391 g/mol. The molecule has 0 saturated carbocycles. The highest BCUT2D eigenvalue weighted by atomic mass is 16.5. The van der Waals surface area contributed by atoms with E-state index < -0.39 is 0 Å². The monoisotopic (exact) mass is 391 g/mol. The van der Waals surface area contributed by atoms with Gasteiger partial charge < -0.3 is 20.1 Å². The molecule has 2 N–H and O–H groups in total. The summed E-state index contributed by atoms with van der Waals surface area (Å²) in [4.78, 5) is 16.5. The predicted octanol–water partition coefficient (Wildman–Crippen LogP) is 4.07. The molecule has 0 fully saturated rings. The molecule has 0 aliphatic carbocycles. The molecule has 6 heteroatoms. The van der Waals surface area contributed by atoms with Gasteiger partial charge in [-0.05, 0) is 54.4 Å². The normalized spacial score (nSPS) is 10.3. The summed E-state index contributed by atoms with van der Waals surface area (Å²) in [6.45, 7) is 3.15. The van der Waals surface area contributed by atoms with Crippen LogP contribution < -0.4 is 20.1 Å². The SMILES string of the molecule is COc1ccc(OCCNc2ccc(NC(=O)Cc3ccccc3C)nc2)cc1. The van der Waals surface area contributed by atoms with Crippen molar-refractivity contribution in [3.63, 3.8) is 0 Å². The Bertz CT molecular complexity index is 925. The maximum Gasteiger partial charge on any atom is 0.229 e. The van der Waals surface area contributed by atoms with Crippen LogP contribution in [0.2, 0.25) is 0 Å². The molecular weight excluding hydrogens is 366 g/mol. The third-order valence-corrected chi connectivity index (χ3v) is 4.40. The lowest BCUT2D eigenvalue weighted by Crippen LogP contribution is -2.16. The Balaban J connectivity index is 1.41. The Morgan fingerprint density at radius 3 is 2.45 bits per heavy atom. The van der Waals surface area contributed by atoms with E-state index in [2.05, 4.69) is 15.6 Å². The number of anilines is 2. The summed E-state index contributed by atoms with van der Waals surface area (Å²) in [6.07, 6.45) is 2.02. The van der Waals surface area contributed by atoms with Gasteiger partial charge in [-0.3, -0.25) is 4.79 Å². The first-order chi connectivity index (χ1) is 14.1. The minimum atomic E-state index is -0.0830. The Labute approximate surface area is 170 Å². The van der Waals surface area contributed by atoms with E-state index in [1.165, 1.54) is 0 Å². The highest BCUT2D eigenvalue weighted by Gasteiger charge is 2.07. The summed E-state index contributed by atoms with van der Waals surface area (Å²) < 4.78 is 10.8. The van der Waals surface area contributed by atoms with Crippen LogP contribution in [0.5, 0.6) is 11.5 Å². The number of pyridine rings is 1. The fraction of sp³-hybridized carbons (Fsp3) is 0.217. The molecule has 0 radical (unpaired) electrons. The first-order valence-electron chi connectivity index (χ1n) is 9.45. The number of benzene rings is 2. The van der Waals surface area contributed by atoms with Crippen LogP contribution >= 0.6 is 0 Å². The van der Waals surface area contributed by atoms with Crippen molar-refractivity contribution in [2.24, 2.45) is 0 Å². The number of carbonyl (C=O) groups excluding carboxylic acids is 1. The van der Waals surface area contributed by atoms with Crippen LogP contribution in [-0.2, 0) is 11.2 Å². The molecule has 1 amide bonds. The summed E-state index contributed by atoms with van der Waals surface area (Å²) in [5.74, 6) is 2.04. The summed E-state index contributed by atoms with van der Waals surface area (Å²) in [5.41, 5.74) is 2.98. The molecule has 150 valence electrons. The predicted molar refractivity (Wildman–Crippen MR) is 115 cm³/mol. The van der Waals surface area contributed by atoms with Gasteiger partial charge in [0.15, 0.2) is 0 Å². The van der Waals surface area contributed by atoms with Gasteiger partial charge in [0.25, 0.3) is 0 Å². The molecule has 0 aliphatic rings. The Morgan fingerprint density at radius 2 is 1.76 bits per heavy atom. The Kier molecular flexibility index (Phi) is 7.05. The summed E-state index contributed by atoms with van der Waals surface area (Å²) in [5, 5.41) is 6.07. The summed E-state index contributed by atoms with van der Waals surface area (Å²) in [6, 6.07) is 19.0. The van der Waals surface area contributed by atoms with Gasteiger partial charge in [0.2, 0.25) is 5.91 Å². The highest BCUT2D eigenvalue weighted by Crippen LogP contribution is 2.17. The molecule has 3 rings (SSSR count). The molecule has 0 aliphatic heterocycles. The topological polar surface area (TPSA) is 72.5 Å². The van der Waals surface area contributed by atoms with Crippen molar-refractivity contribution < 1.29 is 14.3 Å². The maximum absolute atomic E-state index is 12.2. The van der Waals surface area contributed by atoms with Crippen LogP contribution in [0.25, 0.3) is 0 Å². The second-order valence-corrected chi connectivity index (χ2v) is 6.53. The molecule has 6 nitrogen and oxygen atoms in total. The smallest absolute Gasteiger partial charge is 0.229 e. The Morgan fingerprint density at radius 1 is 1.00 bits per heavy atom. The Hall–Kier alpha value is -3.54. The van der Waals surface area contributed by atoms with E-state index in [4.69, 9.17) is 9.47 Å². The van der Waals surface area contributed by atoms with Gasteiger partial charge in [-0.25, -0.2) is 4.98 Å². The molecule has 0 saturated heterocycles. The van der Waals surface area contributed by atoms with E-state index in [-0.39, 0.29) is 5.91 Å². The number of hydrogen-bond acceptors (Lipinski definition) is 5. The lowest BCUT2D eigenvalue weighted by atomic mass is 10.1. The number of aryl methyl sites for hydroxylation is 1. The molecule has 0 unspecified atom stereocenters. The van der Waals surface area contributed by atoms with Gasteiger partial charge >= 0.3 is 0 Å². The minimum Gasteiger partial charge on any atom is -0.497 e. The van der Waals surface area contributed by atoms with E-state index >= 15 is 0 Å². The molecule has 0 bridgehead atoms. The van der Waals surface area contributed by atoms with Gasteiger partial charge in [-0.2, -0.15) is 0 Å². The molecule has 3 aromatic rings. The number of nitrogens with one attached hydrogen (secondary N) is 2. The van der Waals surface area contributed by atoms with Crippen molar-refractivity contribution in [3.05, 3.63) is 78.0 Å². The first-order valence-corrected chi connectivity index (χ1v) is 9.45. The van der Waals surface area contributed by atoms with E-state index in [9.17, 15) is 4.79 Å². The van der Waals surface area contributed by atoms with E-state index in [0.29, 0.717) is 25.4 Å². The number of amides is 1. The van der Waals surface area contributed by atoms with Gasteiger partial charge in [0.05, 0.1) is 25.4 Å². The number of aromatic nitrogens is 1. The lowest BCUT2D eigenvalue weighted by molar-refractivity contribution is -0.115. The van der Waals surface area contributed by atoms with Crippen molar-refractivity contribution in [1.82, 2.24) is 4.98 Å². The zero-order chi connectivity index (χ0) is 20.5. The lowest BCUT2D eigenvalue weighted by Gasteiger charge is -2.10. The van der Waals surface area contributed by atoms with Crippen molar-refractivity contribution in [2.45, 2.75) is 13.3 Å². The van der Waals surface area contributed by atoms with Gasteiger partial charge in [0, 0.05) is 6.54 Å². The standard InChI is InChI=1S/C23H25N3O3/c1-17-5-3-4-6-18(17)15-23(27)26-22-12-7-19(16-25-22)24-13-14-29-21-10-8-20(28-2)9-11-21/h3-12,16,24H,13-15H2,1-2H3,(H,25,26,27). The van der Waals surface area contributed by atoms with Crippen LogP contribution in [-0.4, -0.2) is 31.2 Å². The molecule has 2 aromatic carbocycles. The van der Waals surface area contributed by atoms with Crippen LogP contribution in [0.15, 0.2) is 66.9 Å². The second kappa shape index (κ2) is 10.1. The van der Waals surface area contributed by atoms with Gasteiger partial charge in [0.1, 0.15) is 23.9 Å².